The van der Waals surface area contributed by atoms with E-state index in [9.17, 15) is 9.59 Å². The molecule has 31 heavy (non-hydrogen) atoms. The highest BCUT2D eigenvalue weighted by Crippen LogP contribution is 2.42. The Kier molecular flexibility index (Phi) is 5.94. The van der Waals surface area contributed by atoms with Gasteiger partial charge in [-0.15, -0.1) is 0 Å². The summed E-state index contributed by atoms with van der Waals surface area (Å²) >= 11 is 0. The number of allylic oxidation sites excluding steroid dienone is 3. The Balaban J connectivity index is 1.70. The van der Waals surface area contributed by atoms with E-state index < -0.39 is 5.92 Å². The first-order valence-electron chi connectivity index (χ1n) is 10.7. The van der Waals surface area contributed by atoms with Gasteiger partial charge in [-0.1, -0.05) is 42.5 Å². The first kappa shape index (κ1) is 20.9. The number of benzene rings is 2. The van der Waals surface area contributed by atoms with Crippen molar-refractivity contribution in [3.05, 3.63) is 88.3 Å². The lowest BCUT2D eigenvalue weighted by molar-refractivity contribution is -0.140. The number of anilines is 1. The maximum absolute atomic E-state index is 13.3. The number of carbonyl (C=O) groups is 2. The molecule has 1 atom stereocenters. The third kappa shape index (κ3) is 4.26. The van der Waals surface area contributed by atoms with Gasteiger partial charge in [0.05, 0.1) is 5.57 Å². The molecule has 5 nitrogen and oxygen atoms in total. The third-order valence-corrected chi connectivity index (χ3v) is 5.95. The molecule has 0 bridgehead atoms. The van der Waals surface area contributed by atoms with Crippen LogP contribution in [0.15, 0.2) is 77.1 Å². The highest BCUT2D eigenvalue weighted by atomic mass is 16.5. The second kappa shape index (κ2) is 8.80. The van der Waals surface area contributed by atoms with Crippen LogP contribution in [0.4, 0.5) is 5.69 Å². The number of ketones is 1. The Morgan fingerprint density at radius 3 is 2.45 bits per heavy atom. The van der Waals surface area contributed by atoms with Crippen LogP contribution in [0.3, 0.4) is 0 Å². The molecule has 2 aromatic carbocycles. The van der Waals surface area contributed by atoms with Crippen LogP contribution < -0.4 is 10.2 Å². The summed E-state index contributed by atoms with van der Waals surface area (Å²) in [5.74, 6) is -0.694. The Morgan fingerprint density at radius 2 is 1.77 bits per heavy atom. The van der Waals surface area contributed by atoms with Gasteiger partial charge in [0.2, 0.25) is 0 Å². The molecule has 4 rings (SSSR count). The summed E-state index contributed by atoms with van der Waals surface area (Å²) in [6, 6.07) is 17.7. The average molecular weight is 417 g/mol. The first-order valence-corrected chi connectivity index (χ1v) is 10.7. The molecule has 0 fully saturated rings. The van der Waals surface area contributed by atoms with Crippen LogP contribution in [-0.2, 0) is 20.9 Å². The fourth-order valence-electron chi connectivity index (χ4n) is 4.35. The highest BCUT2D eigenvalue weighted by Gasteiger charge is 2.39. The molecule has 1 N–H and O–H groups in total. The lowest BCUT2D eigenvalue weighted by Gasteiger charge is -2.34. The normalized spacial score (nSPS) is 18.4. The predicted octanol–water partition coefficient (Wildman–Crippen LogP) is 4.46. The van der Waals surface area contributed by atoms with E-state index in [1.165, 1.54) is 0 Å². The van der Waals surface area contributed by atoms with Gasteiger partial charge in [0.15, 0.2) is 5.78 Å². The standard InChI is InChI=1S/C26H28N2O3/c1-17-23(26(30)31-16-18-8-5-4-6-9-18)24(19-12-14-20(15-13-19)28(2)3)25-21(27-17)10-7-11-22(25)29/h4-6,8-9,12-15,24,27H,7,10-11,16H2,1-3H3/t24-/m1/s1. The molecular formula is C26H28N2O3. The van der Waals surface area contributed by atoms with Crippen molar-refractivity contribution >= 4 is 17.4 Å². The molecule has 0 radical (unpaired) electrons. The maximum atomic E-state index is 13.3. The van der Waals surface area contributed by atoms with Crippen LogP contribution in [0.2, 0.25) is 0 Å². The molecule has 0 aromatic heterocycles. The van der Waals surface area contributed by atoms with E-state index in [0.717, 1.165) is 41.1 Å². The molecule has 5 heteroatoms. The third-order valence-electron chi connectivity index (χ3n) is 5.95. The van der Waals surface area contributed by atoms with Crippen molar-refractivity contribution in [2.45, 2.75) is 38.7 Å². The van der Waals surface area contributed by atoms with Crippen LogP contribution >= 0.6 is 0 Å². The molecular weight excluding hydrogens is 388 g/mol. The predicted molar refractivity (Wildman–Crippen MR) is 121 cm³/mol. The van der Waals surface area contributed by atoms with E-state index >= 15 is 0 Å². The van der Waals surface area contributed by atoms with Crippen molar-refractivity contribution in [3.8, 4) is 0 Å². The molecule has 2 aliphatic rings. The second-order valence-corrected chi connectivity index (χ2v) is 8.31. The summed E-state index contributed by atoms with van der Waals surface area (Å²) < 4.78 is 5.69. The number of Topliss-reactive ketones (excluding diaryl/α,β-unsaturated/α-hetero) is 1. The summed E-state index contributed by atoms with van der Waals surface area (Å²) in [5, 5.41) is 3.34. The van der Waals surface area contributed by atoms with E-state index in [4.69, 9.17) is 4.74 Å². The van der Waals surface area contributed by atoms with E-state index in [-0.39, 0.29) is 18.4 Å². The Labute approximate surface area is 183 Å². The zero-order chi connectivity index (χ0) is 22.0. The quantitative estimate of drug-likeness (QED) is 0.729. The Morgan fingerprint density at radius 1 is 1.06 bits per heavy atom. The number of esters is 1. The van der Waals surface area contributed by atoms with Gasteiger partial charge in [0.1, 0.15) is 6.61 Å². The van der Waals surface area contributed by atoms with Gasteiger partial charge in [0.25, 0.3) is 0 Å². The van der Waals surface area contributed by atoms with Gasteiger partial charge < -0.3 is 15.0 Å². The van der Waals surface area contributed by atoms with Gasteiger partial charge in [0, 0.05) is 49.1 Å². The second-order valence-electron chi connectivity index (χ2n) is 8.31. The SMILES string of the molecule is CC1=C(C(=O)OCc2ccccc2)[C@@H](c2ccc(N(C)C)cc2)C2=C(CCCC2=O)N1. The highest BCUT2D eigenvalue weighted by molar-refractivity contribution is 6.03. The Hall–Kier alpha value is -3.34. The lowest BCUT2D eigenvalue weighted by Crippen LogP contribution is -2.34. The van der Waals surface area contributed by atoms with Crippen LogP contribution in [0.25, 0.3) is 0 Å². The van der Waals surface area contributed by atoms with Crippen LogP contribution in [0, 0.1) is 0 Å². The minimum atomic E-state index is -0.413. The van der Waals surface area contributed by atoms with Crippen molar-refractivity contribution in [3.63, 3.8) is 0 Å². The molecule has 1 heterocycles. The molecule has 160 valence electrons. The minimum absolute atomic E-state index is 0.108. The number of dihydropyridines is 1. The van der Waals surface area contributed by atoms with Gasteiger partial charge >= 0.3 is 5.97 Å². The van der Waals surface area contributed by atoms with Gasteiger partial charge in [-0.3, -0.25) is 4.79 Å². The van der Waals surface area contributed by atoms with Crippen molar-refractivity contribution in [2.75, 3.05) is 19.0 Å². The van der Waals surface area contributed by atoms with E-state index in [1.54, 1.807) is 0 Å². The van der Waals surface area contributed by atoms with Crippen molar-refractivity contribution < 1.29 is 14.3 Å². The number of hydrogen-bond donors (Lipinski definition) is 1. The summed E-state index contributed by atoms with van der Waals surface area (Å²) in [4.78, 5) is 28.2. The van der Waals surface area contributed by atoms with Gasteiger partial charge in [-0.2, -0.15) is 0 Å². The van der Waals surface area contributed by atoms with Crippen LogP contribution in [0.5, 0.6) is 0 Å². The van der Waals surface area contributed by atoms with Crippen molar-refractivity contribution in [1.29, 1.82) is 0 Å². The van der Waals surface area contributed by atoms with Crippen molar-refractivity contribution in [2.24, 2.45) is 0 Å². The fraction of sp³-hybridized carbons (Fsp3) is 0.308. The molecule has 0 spiro atoms. The summed E-state index contributed by atoms with van der Waals surface area (Å²) in [7, 11) is 3.97. The molecule has 0 saturated heterocycles. The summed E-state index contributed by atoms with van der Waals surface area (Å²) in [5.41, 5.74) is 5.85. The lowest BCUT2D eigenvalue weighted by atomic mass is 9.75. The molecule has 0 amide bonds. The van der Waals surface area contributed by atoms with E-state index in [2.05, 4.69) is 5.32 Å². The molecule has 0 saturated carbocycles. The molecule has 1 aliphatic heterocycles. The monoisotopic (exact) mass is 416 g/mol. The van der Waals surface area contributed by atoms with Crippen molar-refractivity contribution in [1.82, 2.24) is 5.32 Å². The first-order chi connectivity index (χ1) is 15.0. The zero-order valence-corrected chi connectivity index (χ0v) is 18.3. The average Bonchev–Trinajstić information content (AvgIpc) is 2.77. The minimum Gasteiger partial charge on any atom is -0.457 e. The van der Waals surface area contributed by atoms with E-state index in [1.807, 2.05) is 80.5 Å². The van der Waals surface area contributed by atoms with Gasteiger partial charge in [-0.05, 0) is 43.0 Å². The number of nitrogens with one attached hydrogen (secondary N) is 1. The Bertz CT molecular complexity index is 1050. The number of ether oxygens (including phenoxy) is 1. The fourth-order valence-corrected chi connectivity index (χ4v) is 4.35. The topological polar surface area (TPSA) is 58.6 Å². The number of nitrogens with zero attached hydrogens (tertiary/aromatic N) is 1. The summed E-state index contributed by atoms with van der Waals surface area (Å²) in [6.45, 7) is 2.09. The maximum Gasteiger partial charge on any atom is 0.337 e. The largest absolute Gasteiger partial charge is 0.457 e. The van der Waals surface area contributed by atoms with Crippen LogP contribution in [-0.4, -0.2) is 25.8 Å². The smallest absolute Gasteiger partial charge is 0.337 e. The molecule has 1 aliphatic carbocycles. The molecule has 0 unspecified atom stereocenters. The summed E-state index contributed by atoms with van der Waals surface area (Å²) in [6.07, 6.45) is 2.16. The number of hydrogen-bond acceptors (Lipinski definition) is 5. The zero-order valence-electron chi connectivity index (χ0n) is 18.3. The number of carbonyl (C=O) groups excluding carboxylic acids is 2. The van der Waals surface area contributed by atoms with E-state index in [0.29, 0.717) is 17.6 Å². The van der Waals surface area contributed by atoms with Crippen LogP contribution in [0.1, 0.15) is 43.2 Å². The van der Waals surface area contributed by atoms with Gasteiger partial charge in [-0.25, -0.2) is 4.79 Å². The molecule has 2 aromatic rings. The number of rotatable bonds is 5.